The van der Waals surface area contributed by atoms with Gasteiger partial charge >= 0.3 is 5.97 Å². The molecule has 0 unspecified atom stereocenters. The molecule has 1 aromatic carbocycles. The predicted octanol–water partition coefficient (Wildman–Crippen LogP) is 1.20. The Hall–Kier alpha value is -3.72. The fraction of sp³-hybridized carbons (Fsp3) is 0.304. The van der Waals surface area contributed by atoms with Crippen molar-refractivity contribution in [2.75, 3.05) is 0 Å². The lowest BCUT2D eigenvalue weighted by Gasteiger charge is -2.31. The van der Waals surface area contributed by atoms with Gasteiger partial charge in [0, 0.05) is 28.5 Å². The van der Waals surface area contributed by atoms with Gasteiger partial charge in [-0.3, -0.25) is 9.59 Å². The molecule has 164 valence electrons. The van der Waals surface area contributed by atoms with Gasteiger partial charge in [0.05, 0.1) is 29.0 Å². The van der Waals surface area contributed by atoms with E-state index in [1.807, 2.05) is 6.07 Å². The molecule has 2 aromatic heterocycles. The third-order valence-electron chi connectivity index (χ3n) is 6.40. The molecule has 9 nitrogen and oxygen atoms in total. The number of carbonyl (C=O) groups is 2. The number of benzene rings is 1. The van der Waals surface area contributed by atoms with Crippen molar-refractivity contribution in [2.24, 2.45) is 5.73 Å². The number of amides is 1. The number of phenolic OH excluding ortho intramolecular Hbond substituents is 1. The van der Waals surface area contributed by atoms with Crippen LogP contribution >= 0.6 is 0 Å². The van der Waals surface area contributed by atoms with E-state index in [4.69, 9.17) is 15.5 Å². The maximum atomic E-state index is 13.2. The van der Waals surface area contributed by atoms with Gasteiger partial charge < -0.3 is 25.3 Å². The van der Waals surface area contributed by atoms with E-state index in [9.17, 15) is 24.6 Å². The van der Waals surface area contributed by atoms with Crippen molar-refractivity contribution in [3.8, 4) is 17.1 Å². The van der Waals surface area contributed by atoms with Crippen LogP contribution in [0.25, 0.3) is 22.3 Å². The first-order valence-corrected chi connectivity index (χ1v) is 10.3. The third kappa shape index (κ3) is 2.74. The number of aryl methyl sites for hydroxylation is 1. The van der Waals surface area contributed by atoms with Crippen LogP contribution in [0, 0.1) is 0 Å². The zero-order valence-electron chi connectivity index (χ0n) is 17.3. The van der Waals surface area contributed by atoms with Crippen LogP contribution in [-0.4, -0.2) is 31.6 Å². The van der Waals surface area contributed by atoms with Gasteiger partial charge in [0.2, 0.25) is 5.91 Å². The second-order valence-electron chi connectivity index (χ2n) is 8.20. The molecule has 0 spiro atoms. The van der Waals surface area contributed by atoms with E-state index in [-0.39, 0.29) is 54.8 Å². The minimum Gasteiger partial charge on any atom is -0.508 e. The van der Waals surface area contributed by atoms with Gasteiger partial charge in [0.1, 0.15) is 12.4 Å². The topological polar surface area (TPSA) is 145 Å². The van der Waals surface area contributed by atoms with E-state index < -0.39 is 17.5 Å². The molecular weight excluding hydrogens is 414 g/mol. The number of fused-ring (bicyclic) bond motifs is 5. The molecule has 0 saturated heterocycles. The van der Waals surface area contributed by atoms with E-state index in [1.165, 1.54) is 6.07 Å². The summed E-state index contributed by atoms with van der Waals surface area (Å²) in [5.74, 6) is -1.19. The summed E-state index contributed by atoms with van der Waals surface area (Å²) in [5, 5.41) is 22.0. The van der Waals surface area contributed by atoms with E-state index in [0.29, 0.717) is 27.9 Å². The van der Waals surface area contributed by atoms with Crippen LogP contribution in [0.5, 0.6) is 5.75 Å². The second-order valence-corrected chi connectivity index (χ2v) is 8.20. The smallest absolute Gasteiger partial charge is 0.343 e. The van der Waals surface area contributed by atoms with Gasteiger partial charge in [-0.2, -0.15) is 0 Å². The summed E-state index contributed by atoms with van der Waals surface area (Å²) < 4.78 is 6.63. The number of phenols is 1. The number of ether oxygens (including phenoxy) is 1. The maximum absolute atomic E-state index is 13.2. The molecule has 0 saturated carbocycles. The number of aromatic hydroxyl groups is 1. The van der Waals surface area contributed by atoms with Crippen molar-refractivity contribution >= 4 is 22.8 Å². The molecule has 2 aliphatic heterocycles. The number of hydrogen-bond donors (Lipinski definition) is 3. The number of rotatable bonds is 4. The first-order valence-electron chi connectivity index (χ1n) is 10.3. The van der Waals surface area contributed by atoms with Crippen molar-refractivity contribution < 1.29 is 24.5 Å². The highest BCUT2D eigenvalue weighted by molar-refractivity contribution is 5.89. The number of nitrogens with zero attached hydrogens (tertiary/aromatic N) is 2. The fourth-order valence-corrected chi connectivity index (χ4v) is 4.61. The molecular formula is C23H21N3O6. The summed E-state index contributed by atoms with van der Waals surface area (Å²) >= 11 is 0. The van der Waals surface area contributed by atoms with Crippen molar-refractivity contribution in [2.45, 2.75) is 44.9 Å². The van der Waals surface area contributed by atoms with Gasteiger partial charge in [0.25, 0.3) is 5.56 Å². The van der Waals surface area contributed by atoms with Gasteiger partial charge in [-0.25, -0.2) is 9.78 Å². The highest BCUT2D eigenvalue weighted by Gasteiger charge is 2.45. The van der Waals surface area contributed by atoms with Gasteiger partial charge in [-0.1, -0.05) is 6.92 Å². The summed E-state index contributed by atoms with van der Waals surface area (Å²) in [5.41, 5.74) is 6.57. The lowest BCUT2D eigenvalue weighted by Crippen LogP contribution is -2.44. The standard InChI is InChI=1S/C23H21N3O6/c1-2-23(31)15-8-17-20-11(9-26(17)21(29)14(15)10-32-22(23)30)7-13-12(3-6-19(24)28)18(27)5-4-16(13)25-20/h4-5,7-8,27,31H,2-3,6,9-10H2,1H3,(H2,24,28)/t23-/m0/s1. The molecule has 0 fully saturated rings. The Balaban J connectivity index is 1.71. The van der Waals surface area contributed by atoms with E-state index in [1.54, 1.807) is 23.6 Å². The van der Waals surface area contributed by atoms with Crippen molar-refractivity contribution in [1.29, 1.82) is 0 Å². The summed E-state index contributed by atoms with van der Waals surface area (Å²) in [4.78, 5) is 41.5. The Morgan fingerprint density at radius 3 is 2.81 bits per heavy atom. The number of aliphatic hydroxyl groups is 1. The first kappa shape index (κ1) is 20.2. The molecule has 0 bridgehead atoms. The van der Waals surface area contributed by atoms with Crippen LogP contribution < -0.4 is 11.3 Å². The number of esters is 1. The summed E-state index contributed by atoms with van der Waals surface area (Å²) in [6.45, 7) is 1.72. The molecule has 0 aliphatic carbocycles. The minimum absolute atomic E-state index is 0.0484. The summed E-state index contributed by atoms with van der Waals surface area (Å²) in [7, 11) is 0. The Morgan fingerprint density at radius 2 is 2.09 bits per heavy atom. The fourth-order valence-electron chi connectivity index (χ4n) is 4.61. The van der Waals surface area contributed by atoms with Gasteiger partial charge in [0.15, 0.2) is 5.60 Å². The Bertz CT molecular complexity index is 1390. The van der Waals surface area contributed by atoms with Crippen LogP contribution in [0.3, 0.4) is 0 Å². The normalized spacial score (nSPS) is 18.8. The average molecular weight is 435 g/mol. The highest BCUT2D eigenvalue weighted by atomic mass is 16.6. The zero-order chi connectivity index (χ0) is 22.8. The van der Waals surface area contributed by atoms with Crippen LogP contribution in [0.1, 0.15) is 42.0 Å². The quantitative estimate of drug-likeness (QED) is 0.409. The third-order valence-corrected chi connectivity index (χ3v) is 6.40. The highest BCUT2D eigenvalue weighted by Crippen LogP contribution is 2.39. The van der Waals surface area contributed by atoms with Crippen molar-refractivity contribution in [3.05, 3.63) is 56.9 Å². The number of nitrogens with two attached hydrogens (primary N) is 1. The predicted molar refractivity (Wildman–Crippen MR) is 114 cm³/mol. The number of carbonyl (C=O) groups excluding carboxylic acids is 2. The molecule has 5 rings (SSSR count). The molecule has 3 aromatic rings. The Kier molecular flexibility index (Phi) is 4.35. The summed E-state index contributed by atoms with van der Waals surface area (Å²) in [6.07, 6.45) is 0.422. The number of primary amides is 1. The van der Waals surface area contributed by atoms with E-state index in [0.717, 1.165) is 5.56 Å². The monoisotopic (exact) mass is 435 g/mol. The minimum atomic E-state index is -1.88. The van der Waals surface area contributed by atoms with Crippen LogP contribution in [-0.2, 0) is 39.5 Å². The lowest BCUT2D eigenvalue weighted by atomic mass is 9.86. The SMILES string of the molecule is CC[C@@]1(O)C(=O)OCc2c1cc1n(c2=O)Cc2cc3c(CCC(N)=O)c(O)ccc3nc2-1. The van der Waals surface area contributed by atoms with Crippen molar-refractivity contribution in [3.63, 3.8) is 0 Å². The number of cyclic esters (lactones) is 1. The van der Waals surface area contributed by atoms with E-state index in [2.05, 4.69) is 0 Å². The van der Waals surface area contributed by atoms with Gasteiger partial charge in [-0.05, 0) is 37.1 Å². The molecule has 4 N–H and O–H groups in total. The van der Waals surface area contributed by atoms with Crippen LogP contribution in [0.15, 0.2) is 29.1 Å². The summed E-state index contributed by atoms with van der Waals surface area (Å²) in [6, 6.07) is 6.68. The van der Waals surface area contributed by atoms with Crippen LogP contribution in [0.2, 0.25) is 0 Å². The average Bonchev–Trinajstić information content (AvgIpc) is 3.12. The number of hydrogen-bond acceptors (Lipinski definition) is 7. The molecule has 4 heterocycles. The molecule has 1 atom stereocenters. The first-order chi connectivity index (χ1) is 15.2. The molecule has 2 aliphatic rings. The molecule has 32 heavy (non-hydrogen) atoms. The van der Waals surface area contributed by atoms with E-state index >= 15 is 0 Å². The van der Waals surface area contributed by atoms with Gasteiger partial charge in [-0.15, -0.1) is 0 Å². The molecule has 1 amide bonds. The Morgan fingerprint density at radius 1 is 1.31 bits per heavy atom. The largest absolute Gasteiger partial charge is 0.508 e. The Labute approximate surface area is 182 Å². The molecule has 9 heteroatoms. The lowest BCUT2D eigenvalue weighted by molar-refractivity contribution is -0.172. The second kappa shape index (κ2) is 6.89. The zero-order valence-corrected chi connectivity index (χ0v) is 17.3. The van der Waals surface area contributed by atoms with Crippen LogP contribution in [0.4, 0.5) is 0 Å². The number of pyridine rings is 2. The number of aromatic nitrogens is 2. The maximum Gasteiger partial charge on any atom is 0.343 e. The van der Waals surface area contributed by atoms with Crippen molar-refractivity contribution in [1.82, 2.24) is 9.55 Å². The molecule has 0 radical (unpaired) electrons.